The Hall–Kier alpha value is -3.57. The van der Waals surface area contributed by atoms with Crippen molar-refractivity contribution in [2.24, 2.45) is 11.0 Å². The molecule has 1 saturated carbocycles. The number of halogens is 1. The largest absolute Gasteiger partial charge is 0.378 e. The maximum absolute atomic E-state index is 13.8. The van der Waals surface area contributed by atoms with E-state index in [-0.39, 0.29) is 17.9 Å². The van der Waals surface area contributed by atoms with Gasteiger partial charge >= 0.3 is 0 Å². The van der Waals surface area contributed by atoms with E-state index < -0.39 is 0 Å². The van der Waals surface area contributed by atoms with Crippen molar-refractivity contribution in [3.8, 4) is 0 Å². The number of carbonyl (C=O) groups is 1. The van der Waals surface area contributed by atoms with E-state index in [9.17, 15) is 4.79 Å². The fourth-order valence-corrected chi connectivity index (χ4v) is 5.52. The lowest BCUT2D eigenvalue weighted by Crippen LogP contribution is -2.32. The summed E-state index contributed by atoms with van der Waals surface area (Å²) >= 11 is 6.45. The lowest BCUT2D eigenvalue weighted by atomic mass is 9.77. The number of carbonyl (C=O) groups excluding carboxylic acids is 1. The Balaban J connectivity index is 1.55. The van der Waals surface area contributed by atoms with E-state index in [4.69, 9.17) is 16.7 Å². The molecule has 1 heterocycles. The van der Waals surface area contributed by atoms with Crippen LogP contribution in [-0.2, 0) is 0 Å². The number of nitrogens with zero attached hydrogens (tertiary/aromatic N) is 4. The molecule has 6 heteroatoms. The Bertz CT molecular complexity index is 1340. The first kappa shape index (κ1) is 25.1. The van der Waals surface area contributed by atoms with E-state index in [0.717, 1.165) is 41.8 Å². The normalized spacial score (nSPS) is 20.0. The van der Waals surface area contributed by atoms with Gasteiger partial charge in [-0.05, 0) is 78.4 Å². The number of anilines is 2. The zero-order valence-electron chi connectivity index (χ0n) is 21.9. The van der Waals surface area contributed by atoms with Gasteiger partial charge in [0.05, 0.1) is 22.3 Å². The fraction of sp³-hybridized carbons (Fsp3) is 0.290. The lowest BCUT2D eigenvalue weighted by molar-refractivity contribution is 0.0681. The summed E-state index contributed by atoms with van der Waals surface area (Å²) in [5.41, 5.74) is 7.23. The molecular weight excluding hydrogens is 480 g/mol. The maximum Gasteiger partial charge on any atom is 0.276 e. The molecule has 5 nitrogen and oxygen atoms in total. The highest BCUT2D eigenvalue weighted by Gasteiger charge is 2.44. The minimum atomic E-state index is -0.171. The average Bonchev–Trinajstić information content (AvgIpc) is 3.29. The second kappa shape index (κ2) is 10.4. The quantitative estimate of drug-likeness (QED) is 0.373. The van der Waals surface area contributed by atoms with E-state index in [1.54, 1.807) is 17.1 Å². The van der Waals surface area contributed by atoms with Crippen LogP contribution in [0.25, 0.3) is 6.08 Å². The molecule has 2 aliphatic rings. The highest BCUT2D eigenvalue weighted by molar-refractivity contribution is 6.33. The van der Waals surface area contributed by atoms with Crippen LogP contribution < -0.4 is 9.80 Å². The summed E-state index contributed by atoms with van der Waals surface area (Å²) in [6.07, 6.45) is 5.24. The molecule has 5 rings (SSSR count). The molecule has 0 unspecified atom stereocenters. The summed E-state index contributed by atoms with van der Waals surface area (Å²) in [5.74, 6) is -0.0263. The molecule has 1 fully saturated rings. The van der Waals surface area contributed by atoms with Crippen molar-refractivity contribution < 1.29 is 4.79 Å². The molecule has 0 aromatic heterocycles. The third-order valence-electron chi connectivity index (χ3n) is 7.32. The molecule has 190 valence electrons. The summed E-state index contributed by atoms with van der Waals surface area (Å²) in [6, 6.07) is 24.1. The van der Waals surface area contributed by atoms with Gasteiger partial charge in [-0.2, -0.15) is 5.10 Å². The van der Waals surface area contributed by atoms with Crippen molar-refractivity contribution in [2.75, 3.05) is 38.0 Å². The Morgan fingerprint density at radius 1 is 0.919 bits per heavy atom. The van der Waals surface area contributed by atoms with Gasteiger partial charge in [0.25, 0.3) is 5.91 Å². The van der Waals surface area contributed by atoms with Gasteiger partial charge in [-0.3, -0.25) is 4.79 Å². The molecule has 0 saturated heterocycles. The van der Waals surface area contributed by atoms with E-state index >= 15 is 0 Å². The van der Waals surface area contributed by atoms with E-state index in [2.05, 4.69) is 64.4 Å². The number of rotatable bonds is 5. The molecule has 0 N–H and O–H groups in total. The van der Waals surface area contributed by atoms with Gasteiger partial charge in [0, 0.05) is 45.5 Å². The van der Waals surface area contributed by atoms with Gasteiger partial charge in [0.1, 0.15) is 0 Å². The Kier molecular flexibility index (Phi) is 7.07. The molecular formula is C31H33ClN4O. The van der Waals surface area contributed by atoms with Crippen molar-refractivity contribution in [1.82, 2.24) is 5.01 Å². The van der Waals surface area contributed by atoms with Gasteiger partial charge in [-0.25, -0.2) is 5.01 Å². The summed E-state index contributed by atoms with van der Waals surface area (Å²) < 4.78 is 0. The first-order valence-corrected chi connectivity index (χ1v) is 13.1. The molecule has 37 heavy (non-hydrogen) atoms. The topological polar surface area (TPSA) is 39.1 Å². The highest BCUT2D eigenvalue weighted by Crippen LogP contribution is 2.45. The zero-order valence-corrected chi connectivity index (χ0v) is 22.6. The van der Waals surface area contributed by atoms with Crippen LogP contribution in [0.4, 0.5) is 11.4 Å². The van der Waals surface area contributed by atoms with E-state index in [1.165, 1.54) is 11.3 Å². The minimum absolute atomic E-state index is 0.137. The molecule has 3 aromatic rings. The molecule has 0 radical (unpaired) electrons. The molecule has 0 bridgehead atoms. The number of amides is 1. The van der Waals surface area contributed by atoms with Crippen LogP contribution in [0.2, 0.25) is 5.02 Å². The standard InChI is InChI=1S/C31H33ClN4O/c1-34(2)24-16-12-21(13-17-24)20-23-8-7-10-27-29(23)33-36(31(37)26-9-5-6-11-28(26)32)30(27)22-14-18-25(19-15-22)35(3)4/h5-6,9,11-20,27,30H,7-8,10H2,1-4H3/b23-20-/t27-,30-/m1/s1. The average molecular weight is 513 g/mol. The van der Waals surface area contributed by atoms with Crippen molar-refractivity contribution >= 4 is 40.7 Å². The van der Waals surface area contributed by atoms with Crippen LogP contribution in [0.3, 0.4) is 0 Å². The fourth-order valence-electron chi connectivity index (χ4n) is 5.30. The lowest BCUT2D eigenvalue weighted by Gasteiger charge is -2.30. The van der Waals surface area contributed by atoms with E-state index in [1.807, 2.05) is 40.3 Å². The van der Waals surface area contributed by atoms with Crippen LogP contribution in [0.5, 0.6) is 0 Å². The first-order valence-electron chi connectivity index (χ1n) is 12.8. The minimum Gasteiger partial charge on any atom is -0.378 e. The molecule has 0 spiro atoms. The monoisotopic (exact) mass is 512 g/mol. The van der Waals surface area contributed by atoms with Gasteiger partial charge in [-0.15, -0.1) is 0 Å². The highest BCUT2D eigenvalue weighted by atomic mass is 35.5. The molecule has 1 aliphatic carbocycles. The van der Waals surface area contributed by atoms with Crippen molar-refractivity contribution in [3.05, 3.63) is 100 Å². The summed E-state index contributed by atoms with van der Waals surface area (Å²) in [6.45, 7) is 0. The third kappa shape index (κ3) is 5.01. The number of hydrazone groups is 1. The smallest absolute Gasteiger partial charge is 0.276 e. The Morgan fingerprint density at radius 3 is 2.16 bits per heavy atom. The number of benzene rings is 3. The summed E-state index contributed by atoms with van der Waals surface area (Å²) in [4.78, 5) is 18.0. The van der Waals surface area contributed by atoms with Crippen LogP contribution in [0.15, 0.2) is 83.5 Å². The Morgan fingerprint density at radius 2 is 1.54 bits per heavy atom. The van der Waals surface area contributed by atoms with Gasteiger partial charge < -0.3 is 9.80 Å². The number of hydrogen-bond donors (Lipinski definition) is 0. The van der Waals surface area contributed by atoms with Crippen LogP contribution >= 0.6 is 11.6 Å². The SMILES string of the molecule is CN(C)c1ccc(/C=C2/CCC[C@@H]3C2=NN(C(=O)c2ccccc2Cl)[C@@H]3c2ccc(N(C)C)cc2)cc1. The molecule has 1 aliphatic heterocycles. The number of allylic oxidation sites excluding steroid dienone is 1. The molecule has 2 atom stereocenters. The zero-order chi connectivity index (χ0) is 26.1. The number of hydrogen-bond acceptors (Lipinski definition) is 4. The third-order valence-corrected chi connectivity index (χ3v) is 7.64. The van der Waals surface area contributed by atoms with Gasteiger partial charge in [0.15, 0.2) is 0 Å². The van der Waals surface area contributed by atoms with Gasteiger partial charge in [-0.1, -0.05) is 48.0 Å². The first-order chi connectivity index (χ1) is 17.8. The summed E-state index contributed by atoms with van der Waals surface area (Å²) in [7, 11) is 8.15. The number of fused-ring (bicyclic) bond motifs is 1. The van der Waals surface area contributed by atoms with Crippen molar-refractivity contribution in [3.63, 3.8) is 0 Å². The summed E-state index contributed by atoms with van der Waals surface area (Å²) in [5, 5.41) is 7.15. The molecule has 3 aromatic carbocycles. The maximum atomic E-state index is 13.8. The second-order valence-corrected chi connectivity index (χ2v) is 10.6. The second-order valence-electron chi connectivity index (χ2n) is 10.2. The predicted octanol–water partition coefficient (Wildman–Crippen LogP) is 6.91. The van der Waals surface area contributed by atoms with Crippen LogP contribution in [0.1, 0.15) is 46.8 Å². The van der Waals surface area contributed by atoms with Crippen molar-refractivity contribution in [2.45, 2.75) is 25.3 Å². The van der Waals surface area contributed by atoms with E-state index in [0.29, 0.717) is 10.6 Å². The van der Waals surface area contributed by atoms with Gasteiger partial charge in [0.2, 0.25) is 0 Å². The molecule has 1 amide bonds. The van der Waals surface area contributed by atoms with Crippen molar-refractivity contribution in [1.29, 1.82) is 0 Å². The van der Waals surface area contributed by atoms with Crippen LogP contribution in [-0.4, -0.2) is 44.8 Å². The van der Waals surface area contributed by atoms with Crippen LogP contribution in [0, 0.1) is 5.92 Å². The predicted molar refractivity (Wildman–Crippen MR) is 155 cm³/mol. The Labute approximate surface area is 224 Å².